The number of carbonyl (C=O) groups excluding carboxylic acids is 3. The van der Waals surface area contributed by atoms with Gasteiger partial charge in [0.15, 0.2) is 12.4 Å². The van der Waals surface area contributed by atoms with Crippen LogP contribution < -0.4 is 15.8 Å². The van der Waals surface area contributed by atoms with E-state index in [0.29, 0.717) is 5.75 Å². The molecular formula is C18H20N2O5. The van der Waals surface area contributed by atoms with E-state index < -0.39 is 11.8 Å². The summed E-state index contributed by atoms with van der Waals surface area (Å²) in [7, 11) is 0. The van der Waals surface area contributed by atoms with Crippen LogP contribution in [0.2, 0.25) is 0 Å². The zero-order valence-electron chi connectivity index (χ0n) is 14.6. The fourth-order valence-electron chi connectivity index (χ4n) is 2.48. The minimum absolute atomic E-state index is 0.0678. The summed E-state index contributed by atoms with van der Waals surface area (Å²) in [5, 5.41) is 2.43. The van der Waals surface area contributed by atoms with Crippen LogP contribution in [-0.2, 0) is 4.79 Å². The standard InChI is InChI=1S/C18H20N2O5/c1-9-6-5-7-13(10(9)2)24-8-14(22)20-18-16(17(19)23)15(11(3)21)12(4)25-18/h5-7H,8H2,1-4H3,(H2,19,23)(H,20,22). The maximum Gasteiger partial charge on any atom is 0.264 e. The predicted octanol–water partition coefficient (Wildman–Crippen LogP) is 2.52. The molecule has 0 aliphatic heterocycles. The predicted molar refractivity (Wildman–Crippen MR) is 92.0 cm³/mol. The number of Topliss-reactive ketones (excluding diaryl/α,β-unsaturated/α-hetero) is 1. The van der Waals surface area contributed by atoms with Crippen molar-refractivity contribution < 1.29 is 23.5 Å². The van der Waals surface area contributed by atoms with Gasteiger partial charge in [0.05, 0.1) is 5.56 Å². The minimum atomic E-state index is -0.854. The summed E-state index contributed by atoms with van der Waals surface area (Å²) in [4.78, 5) is 35.4. The third kappa shape index (κ3) is 3.88. The van der Waals surface area contributed by atoms with Crippen molar-refractivity contribution in [2.45, 2.75) is 27.7 Å². The van der Waals surface area contributed by atoms with E-state index in [1.165, 1.54) is 13.8 Å². The van der Waals surface area contributed by atoms with Crippen LogP contribution in [0.15, 0.2) is 22.6 Å². The summed E-state index contributed by atoms with van der Waals surface area (Å²) in [6, 6.07) is 5.53. The van der Waals surface area contributed by atoms with Gasteiger partial charge >= 0.3 is 0 Å². The van der Waals surface area contributed by atoms with E-state index in [4.69, 9.17) is 14.9 Å². The molecule has 0 unspecified atom stereocenters. The molecule has 1 aromatic heterocycles. The Kier molecular flexibility index (Phi) is 5.26. The highest BCUT2D eigenvalue weighted by Gasteiger charge is 2.26. The first-order valence-electron chi connectivity index (χ1n) is 7.65. The van der Waals surface area contributed by atoms with Crippen LogP contribution in [0.4, 0.5) is 5.88 Å². The van der Waals surface area contributed by atoms with Crippen molar-refractivity contribution in [1.29, 1.82) is 0 Å². The number of ketones is 1. The van der Waals surface area contributed by atoms with Crippen LogP contribution in [-0.4, -0.2) is 24.2 Å². The van der Waals surface area contributed by atoms with E-state index in [-0.39, 0.29) is 35.2 Å². The molecule has 0 fully saturated rings. The molecule has 2 rings (SSSR count). The van der Waals surface area contributed by atoms with Gasteiger partial charge in [0.25, 0.3) is 11.8 Å². The van der Waals surface area contributed by atoms with Gasteiger partial charge in [0.2, 0.25) is 5.88 Å². The molecule has 3 N–H and O–H groups in total. The van der Waals surface area contributed by atoms with Gasteiger partial charge < -0.3 is 14.9 Å². The lowest BCUT2D eigenvalue weighted by Crippen LogP contribution is -2.23. The Balaban J connectivity index is 2.16. The third-order valence-corrected chi connectivity index (χ3v) is 3.85. The first-order chi connectivity index (χ1) is 11.7. The monoisotopic (exact) mass is 344 g/mol. The highest BCUT2D eigenvalue weighted by atomic mass is 16.5. The van der Waals surface area contributed by atoms with Crippen molar-refractivity contribution in [2.75, 3.05) is 11.9 Å². The molecule has 0 aliphatic rings. The summed E-state index contributed by atoms with van der Waals surface area (Å²) in [5.41, 5.74) is 7.22. The third-order valence-electron chi connectivity index (χ3n) is 3.85. The second kappa shape index (κ2) is 7.21. The minimum Gasteiger partial charge on any atom is -0.483 e. The number of primary amides is 1. The molecule has 2 aromatic rings. The Labute approximate surface area is 145 Å². The number of anilines is 1. The molecule has 132 valence electrons. The van der Waals surface area contributed by atoms with Gasteiger partial charge in [0.1, 0.15) is 17.1 Å². The molecule has 0 radical (unpaired) electrons. The number of nitrogens with two attached hydrogens (primary N) is 1. The van der Waals surface area contributed by atoms with Crippen molar-refractivity contribution in [3.8, 4) is 5.75 Å². The van der Waals surface area contributed by atoms with Crippen molar-refractivity contribution in [3.63, 3.8) is 0 Å². The number of hydrogen-bond acceptors (Lipinski definition) is 5. The second-order valence-electron chi connectivity index (χ2n) is 5.69. The number of rotatable bonds is 6. The van der Waals surface area contributed by atoms with Crippen LogP contribution in [0.25, 0.3) is 0 Å². The summed E-state index contributed by atoms with van der Waals surface area (Å²) < 4.78 is 10.8. The maximum atomic E-state index is 12.1. The SMILES string of the molecule is CC(=O)c1c(C)oc(NC(=O)COc2cccc(C)c2C)c1C(N)=O. The lowest BCUT2D eigenvalue weighted by atomic mass is 10.1. The molecule has 0 saturated carbocycles. The van der Waals surface area contributed by atoms with Gasteiger partial charge in [-0.2, -0.15) is 0 Å². The molecule has 0 bridgehead atoms. The van der Waals surface area contributed by atoms with Crippen LogP contribution in [0.3, 0.4) is 0 Å². The van der Waals surface area contributed by atoms with E-state index >= 15 is 0 Å². The number of nitrogens with one attached hydrogen (secondary N) is 1. The Hall–Kier alpha value is -3.09. The first kappa shape index (κ1) is 18.3. The number of amides is 2. The molecule has 1 aromatic carbocycles. The maximum absolute atomic E-state index is 12.1. The zero-order valence-corrected chi connectivity index (χ0v) is 14.6. The molecular weight excluding hydrogens is 324 g/mol. The summed E-state index contributed by atoms with van der Waals surface area (Å²) >= 11 is 0. The van der Waals surface area contributed by atoms with Crippen molar-refractivity contribution in [1.82, 2.24) is 0 Å². The molecule has 0 saturated heterocycles. The Morgan fingerprint density at radius 3 is 2.44 bits per heavy atom. The van der Waals surface area contributed by atoms with Crippen LogP contribution in [0.1, 0.15) is 44.5 Å². The zero-order chi connectivity index (χ0) is 18.7. The van der Waals surface area contributed by atoms with Gasteiger partial charge in [-0.1, -0.05) is 12.1 Å². The average molecular weight is 344 g/mol. The number of aryl methyl sites for hydroxylation is 2. The molecule has 7 heteroatoms. The van der Waals surface area contributed by atoms with E-state index in [1.54, 1.807) is 6.07 Å². The average Bonchev–Trinajstić information content (AvgIpc) is 2.85. The van der Waals surface area contributed by atoms with Crippen LogP contribution in [0.5, 0.6) is 5.75 Å². The molecule has 0 atom stereocenters. The Morgan fingerprint density at radius 2 is 1.84 bits per heavy atom. The summed E-state index contributed by atoms with van der Waals surface area (Å²) in [6.07, 6.45) is 0. The first-order valence-corrected chi connectivity index (χ1v) is 7.65. The number of ether oxygens (including phenoxy) is 1. The van der Waals surface area contributed by atoms with Gasteiger partial charge in [-0.05, 0) is 44.9 Å². The van der Waals surface area contributed by atoms with E-state index in [2.05, 4.69) is 5.32 Å². The largest absolute Gasteiger partial charge is 0.483 e. The number of carbonyl (C=O) groups is 3. The van der Waals surface area contributed by atoms with Crippen molar-refractivity contribution in [3.05, 3.63) is 46.2 Å². The van der Waals surface area contributed by atoms with Crippen LogP contribution >= 0.6 is 0 Å². The van der Waals surface area contributed by atoms with Gasteiger partial charge in [-0.15, -0.1) is 0 Å². The quantitative estimate of drug-likeness (QED) is 0.782. The molecule has 25 heavy (non-hydrogen) atoms. The topological polar surface area (TPSA) is 112 Å². The highest BCUT2D eigenvalue weighted by molar-refractivity contribution is 6.12. The smallest absolute Gasteiger partial charge is 0.264 e. The Morgan fingerprint density at radius 1 is 1.16 bits per heavy atom. The molecule has 7 nitrogen and oxygen atoms in total. The van der Waals surface area contributed by atoms with Crippen LogP contribution in [0, 0.1) is 20.8 Å². The normalized spacial score (nSPS) is 10.4. The molecule has 0 spiro atoms. The van der Waals surface area contributed by atoms with Crippen molar-refractivity contribution >= 4 is 23.5 Å². The van der Waals surface area contributed by atoms with Gasteiger partial charge in [-0.25, -0.2) is 0 Å². The summed E-state index contributed by atoms with van der Waals surface area (Å²) in [5.74, 6) is -1.11. The molecule has 2 amide bonds. The Bertz CT molecular complexity index is 851. The lowest BCUT2D eigenvalue weighted by molar-refractivity contribution is -0.118. The second-order valence-corrected chi connectivity index (χ2v) is 5.69. The fourth-order valence-corrected chi connectivity index (χ4v) is 2.48. The van der Waals surface area contributed by atoms with E-state index in [9.17, 15) is 14.4 Å². The van der Waals surface area contributed by atoms with E-state index in [0.717, 1.165) is 11.1 Å². The highest BCUT2D eigenvalue weighted by Crippen LogP contribution is 2.27. The fraction of sp³-hybridized carbons (Fsp3) is 0.278. The molecule has 0 aliphatic carbocycles. The van der Waals surface area contributed by atoms with Crippen molar-refractivity contribution in [2.24, 2.45) is 5.73 Å². The van der Waals surface area contributed by atoms with E-state index in [1.807, 2.05) is 26.0 Å². The number of hydrogen-bond donors (Lipinski definition) is 2. The number of furan rings is 1. The van der Waals surface area contributed by atoms with Gasteiger partial charge in [-0.3, -0.25) is 19.7 Å². The van der Waals surface area contributed by atoms with Gasteiger partial charge in [0, 0.05) is 0 Å². The number of benzene rings is 1. The molecule has 1 heterocycles. The lowest BCUT2D eigenvalue weighted by Gasteiger charge is -2.10. The summed E-state index contributed by atoms with van der Waals surface area (Å²) in [6.45, 7) is 6.36.